The molecule has 0 spiro atoms. The van der Waals surface area contributed by atoms with Crippen LogP contribution in [0.3, 0.4) is 0 Å². The average Bonchev–Trinajstić information content (AvgIpc) is 2.31. The predicted octanol–water partition coefficient (Wildman–Crippen LogP) is 3.96. The van der Waals surface area contributed by atoms with Gasteiger partial charge in [-0.3, -0.25) is 0 Å². The minimum atomic E-state index is 0. The van der Waals surface area contributed by atoms with Crippen molar-refractivity contribution in [3.63, 3.8) is 0 Å². The average molecular weight is 211 g/mol. The number of para-hydroxylation sites is 1. The molecule has 0 aliphatic rings. The monoisotopic (exact) mass is 211 g/mol. The Kier molecular flexibility index (Phi) is 4.19. The molecule has 0 bridgehead atoms. The van der Waals surface area contributed by atoms with Gasteiger partial charge in [0.15, 0.2) is 0 Å². The molecule has 0 radical (unpaired) electrons. The second kappa shape index (κ2) is 5.64. The van der Waals surface area contributed by atoms with E-state index in [0.717, 1.165) is 11.1 Å². The smallest absolute Gasteiger partial charge is 0.211 e. The summed E-state index contributed by atoms with van der Waals surface area (Å²) in [6.07, 6.45) is 1.57. The summed E-state index contributed by atoms with van der Waals surface area (Å²) in [5.74, 6) is 0. The highest BCUT2D eigenvalue weighted by Crippen LogP contribution is 2.29. The van der Waals surface area contributed by atoms with Gasteiger partial charge in [0.2, 0.25) is 6.08 Å². The minimum absolute atomic E-state index is 0. The summed E-state index contributed by atoms with van der Waals surface area (Å²) < 4.78 is 0. The lowest BCUT2D eigenvalue weighted by Gasteiger charge is -2.03. The quantitative estimate of drug-likeness (QED) is 0.546. The number of aliphatic imine (C=N–C) groups is 1. The van der Waals surface area contributed by atoms with Crippen LogP contribution in [0.1, 0.15) is 7.43 Å². The third-order valence-corrected chi connectivity index (χ3v) is 2.15. The number of hydrogen-bond donors (Lipinski definition) is 0. The fourth-order valence-corrected chi connectivity index (χ4v) is 1.48. The van der Waals surface area contributed by atoms with Crippen LogP contribution in [0.2, 0.25) is 0 Å². The molecule has 0 saturated heterocycles. The van der Waals surface area contributed by atoms with Gasteiger partial charge in [-0.25, -0.2) is 4.79 Å². The normalized spacial score (nSPS) is 8.75. The zero-order valence-electron chi connectivity index (χ0n) is 8.05. The Bertz CT molecular complexity index is 499. The van der Waals surface area contributed by atoms with Crippen molar-refractivity contribution in [3.05, 3.63) is 54.6 Å². The molecule has 2 rings (SSSR count). The second-order valence-corrected chi connectivity index (χ2v) is 3.09. The van der Waals surface area contributed by atoms with Gasteiger partial charge in [-0.2, -0.15) is 4.99 Å². The largest absolute Gasteiger partial charge is 0.240 e. The summed E-state index contributed by atoms with van der Waals surface area (Å²) >= 11 is 0. The minimum Gasteiger partial charge on any atom is -0.211 e. The molecule has 0 aliphatic heterocycles. The summed E-state index contributed by atoms with van der Waals surface area (Å²) in [6.45, 7) is 0. The zero-order chi connectivity index (χ0) is 10.5. The van der Waals surface area contributed by atoms with Gasteiger partial charge in [-0.05, 0) is 11.6 Å². The molecule has 80 valence electrons. The molecule has 0 atom stereocenters. The van der Waals surface area contributed by atoms with Crippen LogP contribution in [-0.2, 0) is 4.79 Å². The molecule has 2 aromatic rings. The van der Waals surface area contributed by atoms with Gasteiger partial charge >= 0.3 is 0 Å². The van der Waals surface area contributed by atoms with E-state index < -0.39 is 0 Å². The Hall–Kier alpha value is -2.18. The lowest BCUT2D eigenvalue weighted by Crippen LogP contribution is -1.77. The van der Waals surface area contributed by atoms with E-state index in [-0.39, 0.29) is 7.43 Å². The van der Waals surface area contributed by atoms with E-state index in [4.69, 9.17) is 0 Å². The molecule has 0 aromatic heterocycles. The van der Waals surface area contributed by atoms with E-state index >= 15 is 0 Å². The Morgan fingerprint density at radius 2 is 1.50 bits per heavy atom. The van der Waals surface area contributed by atoms with Gasteiger partial charge in [0, 0.05) is 5.56 Å². The molecule has 2 heteroatoms. The lowest BCUT2D eigenvalue weighted by molar-refractivity contribution is 0.565. The molecule has 16 heavy (non-hydrogen) atoms. The van der Waals surface area contributed by atoms with Gasteiger partial charge in [0.1, 0.15) is 0 Å². The highest BCUT2D eigenvalue weighted by molar-refractivity contribution is 5.77. The summed E-state index contributed by atoms with van der Waals surface area (Å²) in [5.41, 5.74) is 2.65. The molecule has 0 N–H and O–H groups in total. The topological polar surface area (TPSA) is 29.4 Å². The van der Waals surface area contributed by atoms with Crippen LogP contribution in [0, 0.1) is 0 Å². The number of benzene rings is 2. The third-order valence-electron chi connectivity index (χ3n) is 2.15. The van der Waals surface area contributed by atoms with Crippen molar-refractivity contribution in [1.82, 2.24) is 0 Å². The highest BCUT2D eigenvalue weighted by atomic mass is 16.1. The third kappa shape index (κ3) is 2.44. The van der Waals surface area contributed by atoms with E-state index in [1.54, 1.807) is 12.1 Å². The number of carbonyl (C=O) groups excluding carboxylic acids is 1. The van der Waals surface area contributed by atoms with E-state index in [1.807, 2.05) is 48.5 Å². The van der Waals surface area contributed by atoms with Crippen molar-refractivity contribution in [2.24, 2.45) is 4.99 Å². The first-order chi connectivity index (χ1) is 7.42. The van der Waals surface area contributed by atoms with Crippen molar-refractivity contribution in [2.75, 3.05) is 0 Å². The number of nitrogens with zero attached hydrogens (tertiary/aromatic N) is 1. The van der Waals surface area contributed by atoms with Crippen LogP contribution in [0.4, 0.5) is 5.69 Å². The van der Waals surface area contributed by atoms with E-state index in [1.165, 1.54) is 0 Å². The highest BCUT2D eigenvalue weighted by Gasteiger charge is 2.01. The first-order valence-electron chi connectivity index (χ1n) is 4.64. The number of hydrogen-bond acceptors (Lipinski definition) is 2. The van der Waals surface area contributed by atoms with Gasteiger partial charge in [-0.15, -0.1) is 0 Å². The summed E-state index contributed by atoms with van der Waals surface area (Å²) in [7, 11) is 0. The zero-order valence-corrected chi connectivity index (χ0v) is 8.05. The Morgan fingerprint density at radius 1 is 0.875 bits per heavy atom. The Morgan fingerprint density at radius 3 is 2.19 bits per heavy atom. The first kappa shape index (κ1) is 11.9. The standard InChI is InChI=1S/C13H9NO.CH4/c15-10-14-13-9-5-4-8-12(13)11-6-2-1-3-7-11;/h1-9H;1H4. The van der Waals surface area contributed by atoms with Gasteiger partial charge in [-0.1, -0.05) is 56.0 Å². The maximum Gasteiger partial charge on any atom is 0.240 e. The summed E-state index contributed by atoms with van der Waals surface area (Å²) in [4.78, 5) is 13.9. The molecule has 0 unspecified atom stereocenters. The number of rotatable bonds is 2. The van der Waals surface area contributed by atoms with Crippen LogP contribution in [0.15, 0.2) is 59.6 Å². The summed E-state index contributed by atoms with van der Waals surface area (Å²) in [6, 6.07) is 17.3. The fraction of sp³-hybridized carbons (Fsp3) is 0.0714. The van der Waals surface area contributed by atoms with E-state index in [0.29, 0.717) is 5.69 Å². The van der Waals surface area contributed by atoms with Crippen molar-refractivity contribution in [2.45, 2.75) is 7.43 Å². The maximum atomic E-state index is 10.3. The van der Waals surface area contributed by atoms with Gasteiger partial charge in [0.05, 0.1) is 5.69 Å². The molecule has 0 heterocycles. The molecular weight excluding hydrogens is 198 g/mol. The molecular formula is C14H13NO. The van der Waals surface area contributed by atoms with Crippen molar-refractivity contribution >= 4 is 11.8 Å². The second-order valence-electron chi connectivity index (χ2n) is 3.09. The molecule has 0 fully saturated rings. The molecule has 0 saturated carbocycles. The first-order valence-corrected chi connectivity index (χ1v) is 4.64. The molecule has 2 nitrogen and oxygen atoms in total. The van der Waals surface area contributed by atoms with Gasteiger partial charge < -0.3 is 0 Å². The Balaban J connectivity index is 0.00000128. The maximum absolute atomic E-state index is 10.3. The lowest BCUT2D eigenvalue weighted by atomic mass is 10.0. The van der Waals surface area contributed by atoms with Crippen molar-refractivity contribution < 1.29 is 4.79 Å². The van der Waals surface area contributed by atoms with Crippen LogP contribution in [0.5, 0.6) is 0 Å². The van der Waals surface area contributed by atoms with Crippen LogP contribution in [-0.4, -0.2) is 6.08 Å². The SMILES string of the molecule is C.O=C=Nc1ccccc1-c1ccccc1. The summed E-state index contributed by atoms with van der Waals surface area (Å²) in [5, 5.41) is 0. The Labute approximate surface area is 95.3 Å². The molecule has 0 amide bonds. The van der Waals surface area contributed by atoms with Crippen molar-refractivity contribution in [3.8, 4) is 11.1 Å². The van der Waals surface area contributed by atoms with Crippen LogP contribution >= 0.6 is 0 Å². The van der Waals surface area contributed by atoms with Gasteiger partial charge in [0.25, 0.3) is 0 Å². The number of isocyanates is 1. The van der Waals surface area contributed by atoms with Crippen LogP contribution < -0.4 is 0 Å². The van der Waals surface area contributed by atoms with E-state index in [9.17, 15) is 4.79 Å². The van der Waals surface area contributed by atoms with Crippen molar-refractivity contribution in [1.29, 1.82) is 0 Å². The van der Waals surface area contributed by atoms with E-state index in [2.05, 4.69) is 4.99 Å². The molecule has 0 aliphatic carbocycles. The predicted molar refractivity (Wildman–Crippen MR) is 66.4 cm³/mol. The fourth-order valence-electron chi connectivity index (χ4n) is 1.48. The van der Waals surface area contributed by atoms with Crippen LogP contribution in [0.25, 0.3) is 11.1 Å². The molecule has 2 aromatic carbocycles.